The molecule has 0 radical (unpaired) electrons. The smallest absolute Gasteiger partial charge is 0.325 e. The van der Waals surface area contributed by atoms with Gasteiger partial charge in [-0.15, -0.1) is 0 Å². The number of nitrogens with zero attached hydrogens (tertiary/aromatic N) is 1. The lowest BCUT2D eigenvalue weighted by Crippen LogP contribution is -2.44. The van der Waals surface area contributed by atoms with Crippen LogP contribution in [-0.4, -0.2) is 35.3 Å². The van der Waals surface area contributed by atoms with Crippen molar-refractivity contribution in [2.75, 3.05) is 6.54 Å². The SMILES string of the molecule is CC[C@@H](C)NC(=O)CN1C(=O)N[C@@](C)(c2ccccc2Cl)C1=O. The molecule has 1 aliphatic heterocycles. The van der Waals surface area contributed by atoms with E-state index in [-0.39, 0.29) is 18.5 Å². The van der Waals surface area contributed by atoms with Gasteiger partial charge in [0.05, 0.1) is 0 Å². The number of benzene rings is 1. The molecule has 0 aromatic heterocycles. The Bertz CT molecular complexity index is 649. The Kier molecular flexibility index (Phi) is 4.94. The molecule has 1 fully saturated rings. The highest BCUT2D eigenvalue weighted by atomic mass is 35.5. The van der Waals surface area contributed by atoms with E-state index in [1.807, 2.05) is 13.8 Å². The Hall–Kier alpha value is -2.08. The number of rotatable bonds is 5. The highest BCUT2D eigenvalue weighted by molar-refractivity contribution is 6.32. The zero-order chi connectivity index (χ0) is 17.2. The Balaban J connectivity index is 2.20. The highest BCUT2D eigenvalue weighted by Crippen LogP contribution is 2.33. The van der Waals surface area contributed by atoms with Gasteiger partial charge in [-0.2, -0.15) is 0 Å². The van der Waals surface area contributed by atoms with Gasteiger partial charge in [-0.1, -0.05) is 36.7 Å². The van der Waals surface area contributed by atoms with Crippen LogP contribution in [0, 0.1) is 0 Å². The van der Waals surface area contributed by atoms with Gasteiger partial charge in [0.2, 0.25) is 5.91 Å². The van der Waals surface area contributed by atoms with Gasteiger partial charge in [-0.05, 0) is 26.3 Å². The average Bonchev–Trinajstić information content (AvgIpc) is 2.71. The molecular weight excluding hydrogens is 318 g/mol. The van der Waals surface area contributed by atoms with Crippen LogP contribution in [-0.2, 0) is 15.1 Å². The molecule has 1 aromatic carbocycles. The topological polar surface area (TPSA) is 78.5 Å². The molecule has 2 N–H and O–H groups in total. The van der Waals surface area contributed by atoms with E-state index >= 15 is 0 Å². The number of nitrogens with one attached hydrogen (secondary N) is 2. The molecule has 2 rings (SSSR count). The van der Waals surface area contributed by atoms with E-state index in [0.717, 1.165) is 11.3 Å². The zero-order valence-electron chi connectivity index (χ0n) is 13.4. The Labute approximate surface area is 140 Å². The van der Waals surface area contributed by atoms with E-state index in [0.29, 0.717) is 10.6 Å². The molecule has 0 saturated carbocycles. The van der Waals surface area contributed by atoms with Crippen LogP contribution in [0.3, 0.4) is 0 Å². The van der Waals surface area contributed by atoms with Crippen molar-refractivity contribution in [3.8, 4) is 0 Å². The summed E-state index contributed by atoms with van der Waals surface area (Å²) in [4.78, 5) is 37.7. The summed E-state index contributed by atoms with van der Waals surface area (Å²) in [7, 11) is 0. The number of carbonyl (C=O) groups excluding carboxylic acids is 3. The monoisotopic (exact) mass is 337 g/mol. The van der Waals surface area contributed by atoms with Gasteiger partial charge in [0, 0.05) is 16.6 Å². The molecule has 4 amide bonds. The van der Waals surface area contributed by atoms with Gasteiger partial charge in [-0.25, -0.2) is 4.79 Å². The summed E-state index contributed by atoms with van der Waals surface area (Å²) in [5.41, 5.74) is -0.767. The second-order valence-electron chi connectivity index (χ2n) is 5.80. The van der Waals surface area contributed by atoms with Gasteiger partial charge in [0.15, 0.2) is 0 Å². The lowest BCUT2D eigenvalue weighted by Gasteiger charge is -2.23. The van der Waals surface area contributed by atoms with Crippen molar-refractivity contribution in [1.29, 1.82) is 0 Å². The number of imide groups is 1. The summed E-state index contributed by atoms with van der Waals surface area (Å²) >= 11 is 6.15. The van der Waals surface area contributed by atoms with E-state index in [1.165, 1.54) is 0 Å². The number of hydrogen-bond donors (Lipinski definition) is 2. The molecular formula is C16H20ClN3O3. The van der Waals surface area contributed by atoms with Crippen molar-refractivity contribution in [3.63, 3.8) is 0 Å². The van der Waals surface area contributed by atoms with Crippen molar-refractivity contribution < 1.29 is 14.4 Å². The van der Waals surface area contributed by atoms with Gasteiger partial charge < -0.3 is 10.6 Å². The van der Waals surface area contributed by atoms with E-state index in [1.54, 1.807) is 31.2 Å². The molecule has 0 bridgehead atoms. The predicted molar refractivity (Wildman–Crippen MR) is 86.9 cm³/mol. The molecule has 1 aliphatic rings. The maximum absolute atomic E-state index is 12.7. The van der Waals surface area contributed by atoms with E-state index < -0.39 is 17.5 Å². The number of urea groups is 1. The van der Waals surface area contributed by atoms with Crippen LogP contribution in [0.25, 0.3) is 0 Å². The minimum atomic E-state index is -1.27. The number of halogens is 1. The van der Waals surface area contributed by atoms with Crippen LogP contribution in [0.5, 0.6) is 0 Å². The summed E-state index contributed by atoms with van der Waals surface area (Å²) in [6.45, 7) is 5.07. The third-order valence-electron chi connectivity index (χ3n) is 4.01. The van der Waals surface area contributed by atoms with Crippen LogP contribution < -0.4 is 10.6 Å². The standard InChI is InChI=1S/C16H20ClN3O3/c1-4-10(2)18-13(21)9-20-14(22)16(3,19-15(20)23)11-7-5-6-8-12(11)17/h5-8,10H,4,9H2,1-3H3,(H,18,21)(H,19,23)/t10-,16+/m1/s1. The maximum atomic E-state index is 12.7. The number of carbonyl (C=O) groups is 3. The molecule has 6 nitrogen and oxygen atoms in total. The first-order valence-corrected chi connectivity index (χ1v) is 7.86. The third kappa shape index (κ3) is 3.32. The van der Waals surface area contributed by atoms with Gasteiger partial charge in [0.25, 0.3) is 5.91 Å². The normalized spacial score (nSPS) is 22.0. The summed E-state index contributed by atoms with van der Waals surface area (Å²) in [5, 5.41) is 5.75. The largest absolute Gasteiger partial charge is 0.352 e. The third-order valence-corrected chi connectivity index (χ3v) is 4.34. The van der Waals surface area contributed by atoms with Gasteiger partial charge in [0.1, 0.15) is 12.1 Å². The van der Waals surface area contributed by atoms with Crippen LogP contribution in [0.1, 0.15) is 32.8 Å². The lowest BCUT2D eigenvalue weighted by atomic mass is 9.92. The fourth-order valence-electron chi connectivity index (χ4n) is 2.46. The van der Waals surface area contributed by atoms with Crippen LogP contribution in [0.4, 0.5) is 4.79 Å². The molecule has 0 spiro atoms. The molecule has 1 heterocycles. The maximum Gasteiger partial charge on any atom is 0.325 e. The van der Waals surface area contributed by atoms with E-state index in [4.69, 9.17) is 11.6 Å². The Morgan fingerprint density at radius 1 is 1.39 bits per heavy atom. The second-order valence-corrected chi connectivity index (χ2v) is 6.21. The summed E-state index contributed by atoms with van der Waals surface area (Å²) in [6.07, 6.45) is 0.767. The molecule has 0 aliphatic carbocycles. The van der Waals surface area contributed by atoms with Crippen molar-refractivity contribution in [1.82, 2.24) is 15.5 Å². The van der Waals surface area contributed by atoms with Crippen molar-refractivity contribution in [2.45, 2.75) is 38.8 Å². The molecule has 0 unspecified atom stereocenters. The fourth-order valence-corrected chi connectivity index (χ4v) is 2.78. The summed E-state index contributed by atoms with van der Waals surface area (Å²) < 4.78 is 0. The van der Waals surface area contributed by atoms with Crippen molar-refractivity contribution in [2.24, 2.45) is 0 Å². The number of hydrogen-bond acceptors (Lipinski definition) is 3. The van der Waals surface area contributed by atoms with Crippen LogP contribution in [0.2, 0.25) is 5.02 Å². The van der Waals surface area contributed by atoms with Crippen LogP contribution >= 0.6 is 11.6 Å². The molecule has 1 saturated heterocycles. The molecule has 23 heavy (non-hydrogen) atoms. The van der Waals surface area contributed by atoms with E-state index in [9.17, 15) is 14.4 Å². The molecule has 7 heteroatoms. The van der Waals surface area contributed by atoms with Gasteiger partial charge in [-0.3, -0.25) is 14.5 Å². The first-order valence-electron chi connectivity index (χ1n) is 7.48. The average molecular weight is 338 g/mol. The molecule has 1 aromatic rings. The minimum absolute atomic E-state index is 0.0155. The summed E-state index contributed by atoms with van der Waals surface area (Å²) in [6, 6.07) is 6.20. The zero-order valence-corrected chi connectivity index (χ0v) is 14.1. The predicted octanol–water partition coefficient (Wildman–Crippen LogP) is 2.02. The van der Waals surface area contributed by atoms with Crippen LogP contribution in [0.15, 0.2) is 24.3 Å². The molecule has 2 atom stereocenters. The quantitative estimate of drug-likeness (QED) is 0.807. The molecule has 124 valence electrons. The Morgan fingerprint density at radius 2 is 2.04 bits per heavy atom. The second kappa shape index (κ2) is 6.58. The first kappa shape index (κ1) is 17.3. The summed E-state index contributed by atoms with van der Waals surface area (Å²) in [5.74, 6) is -0.860. The Morgan fingerprint density at radius 3 is 2.65 bits per heavy atom. The minimum Gasteiger partial charge on any atom is -0.352 e. The van der Waals surface area contributed by atoms with Crippen molar-refractivity contribution in [3.05, 3.63) is 34.9 Å². The number of amides is 4. The highest BCUT2D eigenvalue weighted by Gasteiger charge is 2.50. The lowest BCUT2D eigenvalue weighted by molar-refractivity contribution is -0.135. The fraction of sp³-hybridized carbons (Fsp3) is 0.438. The van der Waals surface area contributed by atoms with Crippen molar-refractivity contribution >= 4 is 29.4 Å². The first-order chi connectivity index (χ1) is 10.8. The van der Waals surface area contributed by atoms with E-state index in [2.05, 4.69) is 10.6 Å². The van der Waals surface area contributed by atoms with Gasteiger partial charge >= 0.3 is 6.03 Å².